The minimum atomic E-state index is 0.270. The topological polar surface area (TPSA) is 3.24 Å². The van der Waals surface area contributed by atoms with Crippen LogP contribution in [0.1, 0.15) is 50.7 Å². The smallest absolute Gasteiger partial charge is 0.0465 e. The van der Waals surface area contributed by atoms with E-state index < -0.39 is 0 Å². The van der Waals surface area contributed by atoms with Crippen molar-refractivity contribution in [3.8, 4) is 22.3 Å². The third-order valence-electron chi connectivity index (χ3n) is 13.7. The van der Waals surface area contributed by atoms with Gasteiger partial charge < -0.3 is 4.90 Å². The predicted molar refractivity (Wildman–Crippen MR) is 298 cm³/mol. The van der Waals surface area contributed by atoms with Crippen LogP contribution in [0.15, 0.2) is 254 Å². The van der Waals surface area contributed by atoms with Crippen LogP contribution in [-0.4, -0.2) is 0 Å². The molecular weight excluding hydrogens is 831 g/mol. The average molecular weight is 888 g/mol. The normalized spacial score (nSPS) is 19.0. The van der Waals surface area contributed by atoms with Gasteiger partial charge in [0, 0.05) is 34.3 Å². The van der Waals surface area contributed by atoms with E-state index in [0.29, 0.717) is 0 Å². The van der Waals surface area contributed by atoms with Gasteiger partial charge in [-0.25, -0.2) is 0 Å². The lowest BCUT2D eigenvalue weighted by Gasteiger charge is -2.29. The molecule has 0 aromatic heterocycles. The largest absolute Gasteiger partial charge is 0.313 e. The Morgan fingerprint density at radius 3 is 2.09 bits per heavy atom. The summed E-state index contributed by atoms with van der Waals surface area (Å²) in [5, 5.41) is 7.43. The molecule has 334 valence electrons. The van der Waals surface area contributed by atoms with Crippen molar-refractivity contribution in [2.75, 3.05) is 4.90 Å². The van der Waals surface area contributed by atoms with Gasteiger partial charge in [0.25, 0.3) is 0 Å². The molecule has 10 rings (SSSR count). The van der Waals surface area contributed by atoms with Crippen molar-refractivity contribution in [1.82, 2.24) is 0 Å². The monoisotopic (exact) mass is 887 g/mol. The fraction of sp³-hybridized carbons (Fsp3) is 0.103. The molecule has 1 nitrogen and oxygen atoms in total. The first-order valence-electron chi connectivity index (χ1n) is 24.4. The maximum absolute atomic E-state index is 4.42. The summed E-state index contributed by atoms with van der Waals surface area (Å²) < 4.78 is 0. The zero-order valence-electron chi connectivity index (χ0n) is 39.7. The second-order valence-electron chi connectivity index (χ2n) is 17.9. The third kappa shape index (κ3) is 9.26. The highest BCUT2D eigenvalue weighted by Gasteiger charge is 2.22. The molecular formula is C68H57N. The van der Waals surface area contributed by atoms with Gasteiger partial charge in [0.15, 0.2) is 0 Å². The van der Waals surface area contributed by atoms with E-state index in [1.807, 2.05) is 6.08 Å². The molecule has 4 aliphatic rings. The molecule has 0 bridgehead atoms. The molecule has 0 amide bonds. The van der Waals surface area contributed by atoms with E-state index in [-0.39, 0.29) is 5.92 Å². The van der Waals surface area contributed by atoms with Crippen molar-refractivity contribution in [2.45, 2.75) is 39.5 Å². The second-order valence-corrected chi connectivity index (χ2v) is 17.9. The summed E-state index contributed by atoms with van der Waals surface area (Å²) in [6, 6.07) is 46.5. The minimum absolute atomic E-state index is 0.270. The number of hydrogen-bond acceptors (Lipinski definition) is 1. The first kappa shape index (κ1) is 44.6. The Balaban J connectivity index is 1.11. The van der Waals surface area contributed by atoms with E-state index in [0.717, 1.165) is 53.8 Å². The molecule has 0 radical (unpaired) electrons. The lowest BCUT2D eigenvalue weighted by molar-refractivity contribution is 0.899. The van der Waals surface area contributed by atoms with Crippen molar-refractivity contribution >= 4 is 51.5 Å². The molecule has 1 unspecified atom stereocenters. The second kappa shape index (κ2) is 20.7. The van der Waals surface area contributed by atoms with E-state index in [4.69, 9.17) is 0 Å². The Kier molecular flexibility index (Phi) is 13.4. The molecule has 1 heteroatoms. The molecule has 0 aliphatic heterocycles. The molecule has 6 aromatic carbocycles. The molecule has 0 spiro atoms. The summed E-state index contributed by atoms with van der Waals surface area (Å²) in [7, 11) is 0. The van der Waals surface area contributed by atoms with Gasteiger partial charge in [-0.15, -0.1) is 5.73 Å². The Bertz CT molecular complexity index is 3600. The van der Waals surface area contributed by atoms with Gasteiger partial charge >= 0.3 is 0 Å². The number of fused-ring (bicyclic) bond motifs is 3. The fourth-order valence-corrected chi connectivity index (χ4v) is 10.4. The van der Waals surface area contributed by atoms with Crippen LogP contribution in [0.25, 0.3) is 68.1 Å². The summed E-state index contributed by atoms with van der Waals surface area (Å²) >= 11 is 0. The molecule has 0 saturated heterocycles. The Morgan fingerprint density at radius 1 is 0.609 bits per heavy atom. The van der Waals surface area contributed by atoms with E-state index >= 15 is 0 Å². The van der Waals surface area contributed by atoms with Crippen molar-refractivity contribution < 1.29 is 0 Å². The highest BCUT2D eigenvalue weighted by molar-refractivity contribution is 6.11. The molecule has 0 fully saturated rings. The SMILES string of the molecule is C=Cc1c(/C=C\C)c(-c2ccccc2)c2ccccc2c1-c1ccc(N(C2=CC=C=C(/C3=c4\cccc\c4=C(/CC4=CC=CC=CC4)C(C)/C=C\C=C/C3)C=C2)C2=c3ccccc3=CC=CC2)cc1. The summed E-state index contributed by atoms with van der Waals surface area (Å²) in [4.78, 5) is 2.45. The molecule has 6 aromatic rings. The van der Waals surface area contributed by atoms with E-state index in [1.54, 1.807) is 0 Å². The van der Waals surface area contributed by atoms with Crippen LogP contribution < -0.4 is 25.8 Å². The highest BCUT2D eigenvalue weighted by Crippen LogP contribution is 2.44. The van der Waals surface area contributed by atoms with Gasteiger partial charge in [-0.3, -0.25) is 0 Å². The minimum Gasteiger partial charge on any atom is -0.313 e. The average Bonchev–Trinajstić information content (AvgIpc) is 3.90. The van der Waals surface area contributed by atoms with Gasteiger partial charge in [-0.05, 0) is 134 Å². The van der Waals surface area contributed by atoms with Crippen molar-refractivity contribution in [1.29, 1.82) is 0 Å². The van der Waals surface area contributed by atoms with Crippen LogP contribution in [0.3, 0.4) is 0 Å². The van der Waals surface area contributed by atoms with Crippen LogP contribution in [0.4, 0.5) is 5.69 Å². The summed E-state index contributed by atoms with van der Waals surface area (Å²) in [6.07, 6.45) is 45.6. The van der Waals surface area contributed by atoms with Crippen LogP contribution in [-0.2, 0) is 0 Å². The maximum atomic E-state index is 4.42. The standard InChI is InChI=1S/C68H57N/c1-4-25-62-57(5-2)67(63-39-21-22-40-64(63)68(62)53-31-13-9-14-32-53)54-43-46-56(47-44-54)69(66-41-23-17-30-51-29-16-18-36-59(51)66)55-34-24-33-52(42-45-55)58-35-15-8-10-26-49(3)65(61-38-20-19-37-60(58)61)48-50-27-11-6-7-12-28-50/h4-27,29-32,34,36-40,42-47,49H,2,28,35,41,48H2,1,3H3/b15-8-,25-4-,26-10-,60-58+,65-61-. The zero-order valence-corrected chi connectivity index (χ0v) is 39.7. The summed E-state index contributed by atoms with van der Waals surface area (Å²) in [5.74, 6) is 0.270. The Morgan fingerprint density at radius 2 is 1.29 bits per heavy atom. The van der Waals surface area contributed by atoms with E-state index in [9.17, 15) is 0 Å². The number of rotatable bonds is 10. The third-order valence-corrected chi connectivity index (χ3v) is 13.7. The van der Waals surface area contributed by atoms with Gasteiger partial charge in [0.2, 0.25) is 0 Å². The lowest BCUT2D eigenvalue weighted by Crippen LogP contribution is -2.33. The van der Waals surface area contributed by atoms with Crippen LogP contribution in [0.2, 0.25) is 0 Å². The first-order chi connectivity index (χ1) is 34.1. The zero-order chi connectivity index (χ0) is 46.9. The highest BCUT2D eigenvalue weighted by atomic mass is 15.2. The number of benzene rings is 6. The van der Waals surface area contributed by atoms with Crippen LogP contribution in [0, 0.1) is 5.92 Å². The molecule has 1 atom stereocenters. The van der Waals surface area contributed by atoms with E-state index in [1.165, 1.54) is 76.3 Å². The van der Waals surface area contributed by atoms with Crippen molar-refractivity contribution in [3.05, 3.63) is 286 Å². The van der Waals surface area contributed by atoms with Gasteiger partial charge in [0.1, 0.15) is 0 Å². The van der Waals surface area contributed by atoms with Gasteiger partial charge in [-0.1, -0.05) is 231 Å². The quantitative estimate of drug-likeness (QED) is 0.124. The predicted octanol–water partition coefficient (Wildman–Crippen LogP) is 14.7. The Hall–Kier alpha value is -8.22. The molecule has 0 N–H and O–H groups in total. The van der Waals surface area contributed by atoms with Crippen LogP contribution >= 0.6 is 0 Å². The number of hydrogen-bond donors (Lipinski definition) is 0. The maximum Gasteiger partial charge on any atom is 0.0465 e. The van der Waals surface area contributed by atoms with Crippen molar-refractivity contribution in [3.63, 3.8) is 0 Å². The molecule has 0 saturated carbocycles. The summed E-state index contributed by atoms with van der Waals surface area (Å²) in [5.41, 5.74) is 19.4. The first-order valence-corrected chi connectivity index (χ1v) is 24.4. The van der Waals surface area contributed by atoms with Gasteiger partial charge in [-0.2, -0.15) is 0 Å². The van der Waals surface area contributed by atoms with Gasteiger partial charge in [0.05, 0.1) is 0 Å². The molecule has 69 heavy (non-hydrogen) atoms. The van der Waals surface area contributed by atoms with Crippen molar-refractivity contribution in [2.24, 2.45) is 5.92 Å². The number of anilines is 1. The summed E-state index contributed by atoms with van der Waals surface area (Å²) in [6.45, 7) is 8.84. The Labute approximate surface area is 407 Å². The number of nitrogens with zero attached hydrogens (tertiary/aromatic N) is 1. The molecule has 0 heterocycles. The number of allylic oxidation sites excluding steroid dienone is 16. The molecule has 4 aliphatic carbocycles. The fourth-order valence-electron chi connectivity index (χ4n) is 10.4. The van der Waals surface area contributed by atoms with Crippen LogP contribution in [0.5, 0.6) is 0 Å². The van der Waals surface area contributed by atoms with E-state index in [2.05, 4.69) is 268 Å². The lowest BCUT2D eigenvalue weighted by atomic mass is 9.83.